The molecule has 0 radical (unpaired) electrons. The summed E-state index contributed by atoms with van der Waals surface area (Å²) in [5.41, 5.74) is 6.29. The van der Waals surface area contributed by atoms with E-state index in [4.69, 9.17) is 5.73 Å². The smallest absolute Gasteiger partial charge is 0.107 e. The van der Waals surface area contributed by atoms with Crippen molar-refractivity contribution in [1.82, 2.24) is 5.32 Å². The number of hydrogen-bond acceptors (Lipinski definition) is 3. The second-order valence-corrected chi connectivity index (χ2v) is 4.29. The Balaban J connectivity index is 4.30. The fraction of sp³-hybridized carbons (Fsp3) is 0.818. The van der Waals surface area contributed by atoms with E-state index >= 15 is 0 Å². The lowest BCUT2D eigenvalue weighted by Crippen LogP contribution is -2.46. The lowest BCUT2D eigenvalue weighted by atomic mass is 9.96. The van der Waals surface area contributed by atoms with E-state index in [-0.39, 0.29) is 12.0 Å². The molecule has 0 heterocycles. The molecule has 0 saturated heterocycles. The maximum absolute atomic E-state index is 9.68. The van der Waals surface area contributed by atoms with Crippen molar-refractivity contribution in [2.75, 3.05) is 0 Å². The van der Waals surface area contributed by atoms with Gasteiger partial charge in [-0.15, -0.1) is 0 Å². The molecule has 4 N–H and O–H groups in total. The van der Waals surface area contributed by atoms with Crippen molar-refractivity contribution in [2.45, 2.75) is 46.4 Å². The van der Waals surface area contributed by atoms with Crippen LogP contribution in [0.5, 0.6) is 0 Å². The third kappa shape index (κ3) is 4.11. The second kappa shape index (κ2) is 6.04. The predicted molar refractivity (Wildman–Crippen MR) is 60.6 cm³/mol. The molecule has 0 bridgehead atoms. The minimum atomic E-state index is -0.519. The van der Waals surface area contributed by atoms with Gasteiger partial charge in [0.15, 0.2) is 0 Å². The highest BCUT2D eigenvalue weighted by molar-refractivity contribution is 5.02. The lowest BCUT2D eigenvalue weighted by molar-refractivity contribution is 0.0740. The summed E-state index contributed by atoms with van der Waals surface area (Å²) in [4.78, 5) is 0. The Morgan fingerprint density at radius 2 is 1.93 bits per heavy atom. The van der Waals surface area contributed by atoms with Gasteiger partial charge in [-0.25, -0.2) is 0 Å². The van der Waals surface area contributed by atoms with Crippen molar-refractivity contribution in [3.8, 4) is 0 Å². The molecular weight excluding hydrogens is 176 g/mol. The Hall–Kier alpha value is -0.540. The zero-order valence-corrected chi connectivity index (χ0v) is 9.75. The van der Waals surface area contributed by atoms with Crippen LogP contribution in [0.4, 0.5) is 0 Å². The van der Waals surface area contributed by atoms with Gasteiger partial charge in [-0.1, -0.05) is 40.7 Å². The van der Waals surface area contributed by atoms with Crippen LogP contribution in [-0.2, 0) is 0 Å². The molecule has 3 atom stereocenters. The Morgan fingerprint density at radius 1 is 1.43 bits per heavy atom. The van der Waals surface area contributed by atoms with Crippen LogP contribution in [0.1, 0.15) is 34.1 Å². The summed E-state index contributed by atoms with van der Waals surface area (Å²) in [6.07, 6.45) is 0.493. The highest BCUT2D eigenvalue weighted by atomic mass is 16.3. The van der Waals surface area contributed by atoms with E-state index in [2.05, 4.69) is 25.7 Å². The van der Waals surface area contributed by atoms with Crippen LogP contribution in [0.3, 0.4) is 0 Å². The summed E-state index contributed by atoms with van der Waals surface area (Å²) in [7, 11) is 0. The van der Waals surface area contributed by atoms with E-state index in [1.54, 1.807) is 0 Å². The van der Waals surface area contributed by atoms with E-state index in [1.165, 1.54) is 0 Å². The zero-order chi connectivity index (χ0) is 11.3. The molecule has 0 aromatic heterocycles. The first-order valence-corrected chi connectivity index (χ1v) is 5.28. The normalized spacial score (nSPS) is 17.9. The van der Waals surface area contributed by atoms with E-state index < -0.39 is 6.23 Å². The average Bonchev–Trinajstić information content (AvgIpc) is 2.11. The van der Waals surface area contributed by atoms with Gasteiger partial charge >= 0.3 is 0 Å². The molecule has 0 spiro atoms. The monoisotopic (exact) mass is 200 g/mol. The van der Waals surface area contributed by atoms with E-state index in [0.29, 0.717) is 11.6 Å². The largest absolute Gasteiger partial charge is 0.401 e. The molecule has 3 heteroatoms. The van der Waals surface area contributed by atoms with Crippen LogP contribution in [0.25, 0.3) is 0 Å². The fourth-order valence-electron chi connectivity index (χ4n) is 1.25. The lowest BCUT2D eigenvalue weighted by Gasteiger charge is -2.28. The minimum absolute atomic E-state index is 0.00241. The van der Waals surface area contributed by atoms with Gasteiger partial charge in [-0.3, -0.25) is 5.32 Å². The molecule has 0 aromatic carbocycles. The van der Waals surface area contributed by atoms with E-state index in [1.807, 2.05) is 13.8 Å². The molecule has 0 aliphatic carbocycles. The molecule has 0 rings (SSSR count). The van der Waals surface area contributed by atoms with Crippen molar-refractivity contribution in [2.24, 2.45) is 17.6 Å². The molecule has 14 heavy (non-hydrogen) atoms. The molecule has 0 aliphatic rings. The third-order valence-electron chi connectivity index (χ3n) is 2.59. The first-order chi connectivity index (χ1) is 6.40. The van der Waals surface area contributed by atoms with E-state index in [9.17, 15) is 5.11 Å². The number of nitrogens with two attached hydrogens (primary N) is 1. The van der Waals surface area contributed by atoms with Crippen molar-refractivity contribution in [3.63, 3.8) is 0 Å². The molecule has 0 saturated carbocycles. The average molecular weight is 200 g/mol. The molecular formula is C11H24N2O. The number of rotatable bonds is 6. The summed E-state index contributed by atoms with van der Waals surface area (Å²) >= 11 is 0. The van der Waals surface area contributed by atoms with Gasteiger partial charge in [0.1, 0.15) is 6.23 Å². The van der Waals surface area contributed by atoms with E-state index in [0.717, 1.165) is 6.42 Å². The van der Waals surface area contributed by atoms with Gasteiger partial charge in [0.05, 0.1) is 6.04 Å². The maximum Gasteiger partial charge on any atom is 0.107 e. The van der Waals surface area contributed by atoms with Crippen molar-refractivity contribution < 1.29 is 5.11 Å². The molecule has 0 aromatic rings. The highest BCUT2D eigenvalue weighted by Crippen LogP contribution is 2.13. The Labute approximate surface area is 87.4 Å². The van der Waals surface area contributed by atoms with Gasteiger partial charge in [-0.05, 0) is 11.8 Å². The Kier molecular flexibility index (Phi) is 5.81. The van der Waals surface area contributed by atoms with Crippen molar-refractivity contribution >= 4 is 0 Å². The minimum Gasteiger partial charge on any atom is -0.401 e. The summed E-state index contributed by atoms with van der Waals surface area (Å²) < 4.78 is 0. The summed E-state index contributed by atoms with van der Waals surface area (Å²) in [5.74, 6) is 0.571. The molecule has 3 nitrogen and oxygen atoms in total. The topological polar surface area (TPSA) is 58.3 Å². The third-order valence-corrected chi connectivity index (χ3v) is 2.59. The molecule has 2 unspecified atom stereocenters. The molecule has 84 valence electrons. The summed E-state index contributed by atoms with van der Waals surface area (Å²) in [5, 5.41) is 12.8. The molecule has 0 fully saturated rings. The molecule has 0 amide bonds. The summed E-state index contributed by atoms with van der Waals surface area (Å²) in [6.45, 7) is 11.9. The molecule has 0 aliphatic heterocycles. The van der Waals surface area contributed by atoms with Crippen LogP contribution in [0.15, 0.2) is 12.3 Å². The number of nitrogens with one attached hydrogen (secondary N) is 1. The van der Waals surface area contributed by atoms with Crippen molar-refractivity contribution in [1.29, 1.82) is 0 Å². The van der Waals surface area contributed by atoms with Gasteiger partial charge in [0, 0.05) is 5.70 Å². The van der Waals surface area contributed by atoms with Crippen LogP contribution >= 0.6 is 0 Å². The highest BCUT2D eigenvalue weighted by Gasteiger charge is 2.21. The van der Waals surface area contributed by atoms with Gasteiger partial charge in [-0.2, -0.15) is 0 Å². The summed E-state index contributed by atoms with van der Waals surface area (Å²) in [6, 6.07) is -0.00241. The van der Waals surface area contributed by atoms with Crippen LogP contribution in [0.2, 0.25) is 0 Å². The fourth-order valence-corrected chi connectivity index (χ4v) is 1.25. The van der Waals surface area contributed by atoms with Crippen molar-refractivity contribution in [3.05, 3.63) is 12.3 Å². The standard InChI is InChI=1S/C11H24N2O/c1-6-8(4)10(9(5)12)13-11(14)7(2)3/h7-8,10-11,13-14H,5-6,12H2,1-4H3/t8-,10?,11?/m0/s1. The zero-order valence-electron chi connectivity index (χ0n) is 9.75. The number of hydrogen-bond donors (Lipinski definition) is 3. The Bertz CT molecular complexity index is 180. The number of aliphatic hydroxyl groups is 1. The van der Waals surface area contributed by atoms with Gasteiger partial charge in [0.25, 0.3) is 0 Å². The SMILES string of the molecule is C=C(N)C(NC(O)C(C)C)[C@@H](C)CC. The van der Waals surface area contributed by atoms with Crippen LogP contribution in [0, 0.1) is 11.8 Å². The van der Waals surface area contributed by atoms with Crippen LogP contribution in [-0.4, -0.2) is 17.4 Å². The van der Waals surface area contributed by atoms with Gasteiger partial charge < -0.3 is 10.8 Å². The predicted octanol–water partition coefficient (Wildman–Crippen LogP) is 1.44. The maximum atomic E-state index is 9.68. The number of aliphatic hydroxyl groups excluding tert-OH is 1. The Morgan fingerprint density at radius 3 is 2.21 bits per heavy atom. The van der Waals surface area contributed by atoms with Crippen LogP contribution < -0.4 is 11.1 Å². The first kappa shape index (κ1) is 13.5. The quantitative estimate of drug-likeness (QED) is 0.569. The first-order valence-electron chi connectivity index (χ1n) is 5.28. The van der Waals surface area contributed by atoms with Gasteiger partial charge in [0.2, 0.25) is 0 Å². The second-order valence-electron chi connectivity index (χ2n) is 4.29.